The number of nitrogens with zero attached hydrogens (tertiary/aromatic N) is 1. The van der Waals surface area contributed by atoms with Gasteiger partial charge in [-0.2, -0.15) is 0 Å². The summed E-state index contributed by atoms with van der Waals surface area (Å²) in [6.45, 7) is 0.204. The number of aliphatic carboxylic acids is 1. The summed E-state index contributed by atoms with van der Waals surface area (Å²) >= 11 is 12.3. The van der Waals surface area contributed by atoms with Crippen molar-refractivity contribution in [3.8, 4) is 5.75 Å². The zero-order valence-electron chi connectivity index (χ0n) is 15.7. The van der Waals surface area contributed by atoms with Gasteiger partial charge in [-0.15, -0.1) is 0 Å². The second-order valence-electron chi connectivity index (χ2n) is 6.42. The Morgan fingerprint density at radius 1 is 1.00 bits per heavy atom. The van der Waals surface area contributed by atoms with E-state index in [1.807, 2.05) is 0 Å². The standard InChI is InChI=1S/C22H18Cl2N2O4/c23-17-4-3-5-18(24)16(17)13-30-15-9-7-14(8-10-15)12-20(22(28)29)26-21(27)19-6-1-2-11-25-19/h1-11,20H,12-13H2,(H,26,27)(H,28,29)/t20-/m0/s1. The molecular weight excluding hydrogens is 427 g/mol. The number of carbonyl (C=O) groups excluding carboxylic acids is 1. The number of nitrogens with one attached hydrogen (secondary N) is 1. The number of hydrogen-bond donors (Lipinski definition) is 2. The van der Waals surface area contributed by atoms with Crippen LogP contribution in [0.3, 0.4) is 0 Å². The maximum absolute atomic E-state index is 12.2. The fourth-order valence-corrected chi connectivity index (χ4v) is 3.22. The Morgan fingerprint density at radius 2 is 1.70 bits per heavy atom. The van der Waals surface area contributed by atoms with E-state index in [1.54, 1.807) is 54.6 Å². The molecule has 0 saturated heterocycles. The third kappa shape index (κ3) is 5.72. The van der Waals surface area contributed by atoms with Crippen molar-refractivity contribution >= 4 is 35.1 Å². The van der Waals surface area contributed by atoms with Gasteiger partial charge in [0.25, 0.3) is 5.91 Å². The number of aromatic nitrogens is 1. The molecule has 0 fully saturated rings. The number of carboxylic acids is 1. The van der Waals surface area contributed by atoms with Gasteiger partial charge in [0.15, 0.2) is 0 Å². The van der Waals surface area contributed by atoms with Crippen LogP contribution in [0.15, 0.2) is 66.9 Å². The number of ether oxygens (including phenoxy) is 1. The predicted molar refractivity (Wildman–Crippen MR) is 114 cm³/mol. The van der Waals surface area contributed by atoms with E-state index < -0.39 is 17.9 Å². The van der Waals surface area contributed by atoms with Crippen molar-refractivity contribution in [2.45, 2.75) is 19.1 Å². The van der Waals surface area contributed by atoms with Crippen molar-refractivity contribution in [2.24, 2.45) is 0 Å². The van der Waals surface area contributed by atoms with Gasteiger partial charge in [0, 0.05) is 28.2 Å². The summed E-state index contributed by atoms with van der Waals surface area (Å²) in [5.41, 5.74) is 1.57. The predicted octanol–water partition coefficient (Wildman–Crippen LogP) is 4.39. The first-order chi connectivity index (χ1) is 14.4. The minimum atomic E-state index is -1.13. The number of carboxylic acid groups (broad SMARTS) is 1. The first kappa shape index (κ1) is 21.6. The van der Waals surface area contributed by atoms with Crippen LogP contribution in [0.5, 0.6) is 5.75 Å². The quantitative estimate of drug-likeness (QED) is 0.537. The molecule has 6 nitrogen and oxygen atoms in total. The average molecular weight is 445 g/mol. The van der Waals surface area contributed by atoms with Crippen molar-refractivity contribution in [1.29, 1.82) is 0 Å². The first-order valence-electron chi connectivity index (χ1n) is 9.03. The van der Waals surface area contributed by atoms with E-state index in [4.69, 9.17) is 27.9 Å². The highest BCUT2D eigenvalue weighted by Gasteiger charge is 2.21. The van der Waals surface area contributed by atoms with Crippen molar-refractivity contribution in [3.63, 3.8) is 0 Å². The lowest BCUT2D eigenvalue weighted by atomic mass is 10.1. The summed E-state index contributed by atoms with van der Waals surface area (Å²) in [6.07, 6.45) is 1.59. The summed E-state index contributed by atoms with van der Waals surface area (Å²) < 4.78 is 5.72. The molecule has 1 heterocycles. The Balaban J connectivity index is 1.61. The van der Waals surface area contributed by atoms with Gasteiger partial charge in [-0.1, -0.05) is 47.5 Å². The smallest absolute Gasteiger partial charge is 0.326 e. The molecule has 1 atom stereocenters. The van der Waals surface area contributed by atoms with Gasteiger partial charge in [-0.05, 0) is 42.0 Å². The molecule has 0 bridgehead atoms. The second-order valence-corrected chi connectivity index (χ2v) is 7.23. The molecule has 0 saturated carbocycles. The van der Waals surface area contributed by atoms with Crippen LogP contribution in [-0.4, -0.2) is 28.0 Å². The molecule has 0 aliphatic heterocycles. The molecule has 1 aromatic heterocycles. The summed E-state index contributed by atoms with van der Waals surface area (Å²) in [7, 11) is 0. The van der Waals surface area contributed by atoms with Gasteiger partial charge in [0.05, 0.1) is 0 Å². The van der Waals surface area contributed by atoms with E-state index >= 15 is 0 Å². The van der Waals surface area contributed by atoms with Crippen LogP contribution < -0.4 is 10.1 Å². The Bertz CT molecular complexity index is 1010. The number of halogens is 2. The maximum atomic E-state index is 12.2. The molecule has 3 aromatic rings. The van der Waals surface area contributed by atoms with Gasteiger partial charge in [-0.25, -0.2) is 4.79 Å². The Morgan fingerprint density at radius 3 is 2.30 bits per heavy atom. The molecule has 2 N–H and O–H groups in total. The zero-order chi connectivity index (χ0) is 21.5. The van der Waals surface area contributed by atoms with E-state index in [-0.39, 0.29) is 18.7 Å². The Hall–Kier alpha value is -3.09. The van der Waals surface area contributed by atoms with E-state index in [0.29, 0.717) is 21.4 Å². The summed E-state index contributed by atoms with van der Waals surface area (Å²) in [4.78, 5) is 27.7. The molecule has 0 radical (unpaired) electrons. The minimum Gasteiger partial charge on any atom is -0.489 e. The van der Waals surface area contributed by atoms with Crippen LogP contribution in [0.25, 0.3) is 0 Å². The molecule has 8 heteroatoms. The van der Waals surface area contributed by atoms with Crippen LogP contribution in [-0.2, 0) is 17.8 Å². The van der Waals surface area contributed by atoms with E-state index in [0.717, 1.165) is 5.56 Å². The molecule has 1 amide bonds. The van der Waals surface area contributed by atoms with Gasteiger partial charge in [0.2, 0.25) is 0 Å². The highest BCUT2D eigenvalue weighted by atomic mass is 35.5. The van der Waals surface area contributed by atoms with Crippen LogP contribution in [0, 0.1) is 0 Å². The number of pyridine rings is 1. The van der Waals surface area contributed by atoms with E-state index in [1.165, 1.54) is 12.3 Å². The van der Waals surface area contributed by atoms with Crippen molar-refractivity contribution in [1.82, 2.24) is 10.3 Å². The molecular formula is C22H18Cl2N2O4. The Kier molecular flexibility index (Phi) is 7.27. The molecule has 3 rings (SSSR count). The van der Waals surface area contributed by atoms with E-state index in [9.17, 15) is 14.7 Å². The van der Waals surface area contributed by atoms with Gasteiger partial charge in [-0.3, -0.25) is 9.78 Å². The lowest BCUT2D eigenvalue weighted by Gasteiger charge is -2.15. The number of benzene rings is 2. The molecule has 30 heavy (non-hydrogen) atoms. The zero-order valence-corrected chi connectivity index (χ0v) is 17.2. The summed E-state index contributed by atoms with van der Waals surface area (Å²) in [6, 6.07) is 15.9. The average Bonchev–Trinajstić information content (AvgIpc) is 2.74. The number of hydrogen-bond acceptors (Lipinski definition) is 4. The molecule has 0 aliphatic carbocycles. The largest absolute Gasteiger partial charge is 0.489 e. The molecule has 0 unspecified atom stereocenters. The minimum absolute atomic E-state index is 0.116. The molecule has 154 valence electrons. The van der Waals surface area contributed by atoms with Crippen molar-refractivity contribution in [2.75, 3.05) is 0 Å². The molecule has 0 aliphatic rings. The summed E-state index contributed by atoms with van der Waals surface area (Å²) in [5, 5.41) is 13.0. The van der Waals surface area contributed by atoms with Gasteiger partial charge < -0.3 is 15.2 Å². The Labute approximate surface area is 183 Å². The highest BCUT2D eigenvalue weighted by Crippen LogP contribution is 2.26. The van der Waals surface area contributed by atoms with Crippen molar-refractivity contribution < 1.29 is 19.4 Å². The summed E-state index contributed by atoms with van der Waals surface area (Å²) in [5.74, 6) is -1.09. The fraction of sp³-hybridized carbons (Fsp3) is 0.136. The lowest BCUT2D eigenvalue weighted by Crippen LogP contribution is -2.42. The SMILES string of the molecule is O=C(N[C@@H](Cc1ccc(OCc2c(Cl)cccc2Cl)cc1)C(=O)O)c1ccccn1. The normalized spacial score (nSPS) is 11.5. The number of carbonyl (C=O) groups is 2. The fourth-order valence-electron chi connectivity index (χ4n) is 2.71. The molecule has 2 aromatic carbocycles. The van der Waals surface area contributed by atoms with Crippen LogP contribution >= 0.6 is 23.2 Å². The number of rotatable bonds is 8. The van der Waals surface area contributed by atoms with E-state index in [2.05, 4.69) is 10.3 Å². The third-order valence-electron chi connectivity index (χ3n) is 4.31. The van der Waals surface area contributed by atoms with Crippen LogP contribution in [0.2, 0.25) is 10.0 Å². The highest BCUT2D eigenvalue weighted by molar-refractivity contribution is 6.35. The first-order valence-corrected chi connectivity index (χ1v) is 9.79. The second kappa shape index (κ2) is 10.1. The number of amides is 1. The van der Waals surface area contributed by atoms with Crippen LogP contribution in [0.1, 0.15) is 21.6 Å². The lowest BCUT2D eigenvalue weighted by molar-refractivity contribution is -0.139. The monoisotopic (exact) mass is 444 g/mol. The van der Waals surface area contributed by atoms with Crippen LogP contribution in [0.4, 0.5) is 0 Å². The topological polar surface area (TPSA) is 88.5 Å². The van der Waals surface area contributed by atoms with Crippen molar-refractivity contribution in [3.05, 3.63) is 93.7 Å². The maximum Gasteiger partial charge on any atom is 0.326 e. The molecule has 0 spiro atoms. The van der Waals surface area contributed by atoms with Gasteiger partial charge in [0.1, 0.15) is 24.1 Å². The van der Waals surface area contributed by atoms with Gasteiger partial charge >= 0.3 is 5.97 Å². The third-order valence-corrected chi connectivity index (χ3v) is 5.02.